The molecule has 1 heterocycles. The number of hydrogen-bond acceptors (Lipinski definition) is 3. The largest absolute Gasteiger partial charge is 0.330 e. The molecule has 0 spiro atoms. The summed E-state index contributed by atoms with van der Waals surface area (Å²) in [5.41, 5.74) is 8.80. The molecular weight excluding hydrogens is 228 g/mol. The SMILES string of the molecule is CNC(c1ccc2[nH]c(=O)[nH]c2c1)C1(CN)CC1. The zero-order chi connectivity index (χ0) is 12.8. The Morgan fingerprint density at radius 2 is 2.11 bits per heavy atom. The summed E-state index contributed by atoms with van der Waals surface area (Å²) >= 11 is 0. The first-order valence-corrected chi connectivity index (χ1v) is 6.28. The maximum atomic E-state index is 11.3. The molecule has 0 bridgehead atoms. The molecule has 5 heteroatoms. The molecule has 1 saturated carbocycles. The van der Waals surface area contributed by atoms with Gasteiger partial charge in [0.15, 0.2) is 0 Å². The number of fused-ring (bicyclic) bond motifs is 1. The summed E-state index contributed by atoms with van der Waals surface area (Å²) in [6, 6.07) is 6.29. The highest BCUT2D eigenvalue weighted by Gasteiger charge is 2.48. The second kappa shape index (κ2) is 3.96. The van der Waals surface area contributed by atoms with Crippen molar-refractivity contribution in [3.05, 3.63) is 34.2 Å². The average Bonchev–Trinajstić information content (AvgIpc) is 3.05. The topological polar surface area (TPSA) is 86.7 Å². The van der Waals surface area contributed by atoms with E-state index >= 15 is 0 Å². The Balaban J connectivity index is 2.04. The van der Waals surface area contributed by atoms with Gasteiger partial charge in [-0.1, -0.05) is 6.07 Å². The van der Waals surface area contributed by atoms with Crippen molar-refractivity contribution in [2.45, 2.75) is 18.9 Å². The van der Waals surface area contributed by atoms with Crippen LogP contribution in [0.1, 0.15) is 24.4 Å². The number of rotatable bonds is 4. The quantitative estimate of drug-likeness (QED) is 0.645. The summed E-state index contributed by atoms with van der Waals surface area (Å²) in [4.78, 5) is 16.8. The van der Waals surface area contributed by atoms with Crippen LogP contribution in [-0.4, -0.2) is 23.6 Å². The Kier molecular flexibility index (Phi) is 2.53. The van der Waals surface area contributed by atoms with Gasteiger partial charge in [0.1, 0.15) is 0 Å². The van der Waals surface area contributed by atoms with Crippen LogP contribution >= 0.6 is 0 Å². The van der Waals surface area contributed by atoms with E-state index < -0.39 is 0 Å². The van der Waals surface area contributed by atoms with E-state index in [0.29, 0.717) is 6.54 Å². The molecule has 3 rings (SSSR count). The molecule has 5 nitrogen and oxygen atoms in total. The Hall–Kier alpha value is -1.59. The second-order valence-corrected chi connectivity index (χ2v) is 5.17. The fourth-order valence-electron chi connectivity index (χ4n) is 2.83. The molecule has 0 saturated heterocycles. The van der Waals surface area contributed by atoms with Gasteiger partial charge in [-0.05, 0) is 44.1 Å². The van der Waals surface area contributed by atoms with Crippen LogP contribution < -0.4 is 16.7 Å². The van der Waals surface area contributed by atoms with Crippen molar-refractivity contribution in [1.29, 1.82) is 0 Å². The van der Waals surface area contributed by atoms with Gasteiger partial charge in [0.2, 0.25) is 0 Å². The minimum absolute atomic E-state index is 0.164. The van der Waals surface area contributed by atoms with Crippen molar-refractivity contribution in [3.8, 4) is 0 Å². The van der Waals surface area contributed by atoms with Crippen LogP contribution in [0.25, 0.3) is 11.0 Å². The Bertz CT molecular complexity index is 623. The Morgan fingerprint density at radius 1 is 1.39 bits per heavy atom. The van der Waals surface area contributed by atoms with Crippen molar-refractivity contribution >= 4 is 11.0 Å². The molecule has 1 aliphatic carbocycles. The normalized spacial score (nSPS) is 19.0. The lowest BCUT2D eigenvalue weighted by atomic mass is 9.90. The van der Waals surface area contributed by atoms with E-state index in [-0.39, 0.29) is 17.1 Å². The predicted octanol–water partition coefficient (Wildman–Crippen LogP) is 0.856. The minimum atomic E-state index is -0.164. The van der Waals surface area contributed by atoms with Gasteiger partial charge >= 0.3 is 5.69 Å². The number of nitrogens with one attached hydrogen (secondary N) is 3. The first-order valence-electron chi connectivity index (χ1n) is 6.28. The van der Waals surface area contributed by atoms with Gasteiger partial charge < -0.3 is 21.0 Å². The van der Waals surface area contributed by atoms with Gasteiger partial charge in [-0.2, -0.15) is 0 Å². The van der Waals surface area contributed by atoms with Crippen LogP contribution in [0.15, 0.2) is 23.0 Å². The van der Waals surface area contributed by atoms with Crippen LogP contribution in [0.3, 0.4) is 0 Å². The van der Waals surface area contributed by atoms with Crippen LogP contribution in [0.5, 0.6) is 0 Å². The molecule has 0 aliphatic heterocycles. The second-order valence-electron chi connectivity index (χ2n) is 5.17. The smallest absolute Gasteiger partial charge is 0.323 e. The third-order valence-corrected chi connectivity index (χ3v) is 4.07. The number of H-pyrrole nitrogens is 2. The van der Waals surface area contributed by atoms with E-state index in [0.717, 1.165) is 23.9 Å². The van der Waals surface area contributed by atoms with Crippen LogP contribution in [-0.2, 0) is 0 Å². The first kappa shape index (κ1) is 11.5. The summed E-state index contributed by atoms with van der Waals surface area (Å²) < 4.78 is 0. The van der Waals surface area contributed by atoms with Crippen molar-refractivity contribution in [2.24, 2.45) is 11.1 Å². The monoisotopic (exact) mass is 246 g/mol. The van der Waals surface area contributed by atoms with E-state index in [1.54, 1.807) is 0 Å². The molecule has 0 radical (unpaired) electrons. The molecule has 1 aromatic carbocycles. The molecule has 18 heavy (non-hydrogen) atoms. The number of hydrogen-bond donors (Lipinski definition) is 4. The number of benzene rings is 1. The lowest BCUT2D eigenvalue weighted by Crippen LogP contribution is -2.32. The maximum Gasteiger partial charge on any atom is 0.323 e. The molecule has 1 aromatic heterocycles. The van der Waals surface area contributed by atoms with Crippen molar-refractivity contribution in [3.63, 3.8) is 0 Å². The minimum Gasteiger partial charge on any atom is -0.330 e. The summed E-state index contributed by atoms with van der Waals surface area (Å²) in [7, 11) is 1.96. The van der Waals surface area contributed by atoms with E-state index in [1.807, 2.05) is 19.2 Å². The lowest BCUT2D eigenvalue weighted by molar-refractivity contribution is 0.367. The van der Waals surface area contributed by atoms with Crippen LogP contribution in [0.2, 0.25) is 0 Å². The highest BCUT2D eigenvalue weighted by Crippen LogP contribution is 2.53. The van der Waals surface area contributed by atoms with Gasteiger partial charge in [-0.15, -0.1) is 0 Å². The van der Waals surface area contributed by atoms with E-state index in [9.17, 15) is 4.79 Å². The fourth-order valence-corrected chi connectivity index (χ4v) is 2.83. The highest BCUT2D eigenvalue weighted by molar-refractivity contribution is 5.75. The van der Waals surface area contributed by atoms with Crippen molar-refractivity contribution < 1.29 is 0 Å². The summed E-state index contributed by atoms with van der Waals surface area (Å²) in [6.07, 6.45) is 2.33. The molecule has 1 aliphatic rings. The summed E-state index contributed by atoms with van der Waals surface area (Å²) in [5, 5.41) is 3.36. The van der Waals surface area contributed by atoms with Gasteiger partial charge in [-0.25, -0.2) is 4.79 Å². The molecule has 1 unspecified atom stereocenters. The lowest BCUT2D eigenvalue weighted by Gasteiger charge is -2.25. The first-order chi connectivity index (χ1) is 8.68. The number of aromatic amines is 2. The van der Waals surface area contributed by atoms with Gasteiger partial charge in [0, 0.05) is 11.5 Å². The van der Waals surface area contributed by atoms with Gasteiger partial charge in [-0.3, -0.25) is 0 Å². The maximum absolute atomic E-state index is 11.3. The third-order valence-electron chi connectivity index (χ3n) is 4.07. The van der Waals surface area contributed by atoms with Gasteiger partial charge in [0.05, 0.1) is 11.0 Å². The molecule has 5 N–H and O–H groups in total. The number of nitrogens with two attached hydrogens (primary N) is 1. The zero-order valence-electron chi connectivity index (χ0n) is 10.4. The van der Waals surface area contributed by atoms with Crippen molar-refractivity contribution in [1.82, 2.24) is 15.3 Å². The third kappa shape index (κ3) is 1.67. The number of aromatic nitrogens is 2. The predicted molar refractivity (Wildman–Crippen MR) is 71.4 cm³/mol. The molecule has 0 amide bonds. The molecular formula is C13H18N4O. The standard InChI is InChI=1S/C13H18N4O/c1-15-11(13(7-14)4-5-13)8-2-3-9-10(6-8)17-12(18)16-9/h2-3,6,11,15H,4-5,7,14H2,1H3,(H2,16,17,18). The Morgan fingerprint density at radius 3 is 2.72 bits per heavy atom. The van der Waals surface area contributed by atoms with E-state index in [2.05, 4.69) is 21.4 Å². The van der Waals surface area contributed by atoms with Crippen LogP contribution in [0, 0.1) is 5.41 Å². The zero-order valence-corrected chi connectivity index (χ0v) is 10.4. The average molecular weight is 246 g/mol. The molecule has 96 valence electrons. The van der Waals surface area contributed by atoms with Crippen LogP contribution in [0.4, 0.5) is 0 Å². The number of imidazole rings is 1. The summed E-state index contributed by atoms with van der Waals surface area (Å²) in [6.45, 7) is 0.695. The fraction of sp³-hybridized carbons (Fsp3) is 0.462. The molecule has 2 aromatic rings. The summed E-state index contributed by atoms with van der Waals surface area (Å²) in [5.74, 6) is 0. The van der Waals surface area contributed by atoms with Crippen molar-refractivity contribution in [2.75, 3.05) is 13.6 Å². The van der Waals surface area contributed by atoms with E-state index in [1.165, 1.54) is 5.56 Å². The van der Waals surface area contributed by atoms with E-state index in [4.69, 9.17) is 5.73 Å². The Labute approximate surface area is 105 Å². The van der Waals surface area contributed by atoms with Gasteiger partial charge in [0.25, 0.3) is 0 Å². The molecule has 1 fully saturated rings. The highest BCUT2D eigenvalue weighted by atomic mass is 16.1. The molecule has 1 atom stereocenters.